The third-order valence-electron chi connectivity index (χ3n) is 6.73. The van der Waals surface area contributed by atoms with Crippen LogP contribution in [0.4, 0.5) is 10.1 Å². The third kappa shape index (κ3) is 4.55. The van der Waals surface area contributed by atoms with Crippen molar-refractivity contribution in [3.63, 3.8) is 0 Å². The van der Waals surface area contributed by atoms with E-state index in [9.17, 15) is 14.0 Å². The van der Waals surface area contributed by atoms with Crippen LogP contribution in [0.1, 0.15) is 12.0 Å². The summed E-state index contributed by atoms with van der Waals surface area (Å²) in [4.78, 5) is 34.8. The monoisotopic (exact) mass is 468 g/mol. The van der Waals surface area contributed by atoms with Crippen LogP contribution >= 0.6 is 11.6 Å². The summed E-state index contributed by atoms with van der Waals surface area (Å²) >= 11 is 6.14. The zero-order valence-electron chi connectivity index (χ0n) is 18.3. The maximum atomic E-state index is 13.2. The largest absolute Gasteiger partial charge is 0.368 e. The number of nitrogens with zero attached hydrogens (tertiary/aromatic N) is 3. The zero-order valence-corrected chi connectivity index (χ0v) is 19.0. The maximum absolute atomic E-state index is 13.2. The molecular weight excluding hydrogens is 443 g/mol. The van der Waals surface area contributed by atoms with E-state index in [1.54, 1.807) is 17.0 Å². The van der Waals surface area contributed by atoms with Gasteiger partial charge in [-0.3, -0.25) is 9.59 Å². The molecule has 3 aromatic rings. The molecule has 172 valence electrons. The summed E-state index contributed by atoms with van der Waals surface area (Å²) < 4.78 is 13.2. The van der Waals surface area contributed by atoms with E-state index < -0.39 is 0 Å². The van der Waals surface area contributed by atoms with Gasteiger partial charge in [0, 0.05) is 73.5 Å². The number of aromatic nitrogens is 1. The molecular formula is C25H26ClFN4O2. The number of hydrogen-bond acceptors (Lipinski definition) is 3. The number of fused-ring (bicyclic) bond motifs is 1. The molecule has 8 heteroatoms. The molecule has 5 rings (SSSR count). The molecule has 2 fully saturated rings. The second-order valence-electron chi connectivity index (χ2n) is 8.78. The molecule has 2 aliphatic rings. The number of aromatic amines is 1. The maximum Gasteiger partial charge on any atom is 0.228 e. The van der Waals surface area contributed by atoms with Gasteiger partial charge in [-0.15, -0.1) is 0 Å². The lowest BCUT2D eigenvalue weighted by Gasteiger charge is -2.37. The highest BCUT2D eigenvalue weighted by atomic mass is 35.5. The molecule has 0 radical (unpaired) electrons. The van der Waals surface area contributed by atoms with Gasteiger partial charge in [0.2, 0.25) is 11.8 Å². The van der Waals surface area contributed by atoms with E-state index >= 15 is 0 Å². The van der Waals surface area contributed by atoms with E-state index in [-0.39, 0.29) is 30.0 Å². The first kappa shape index (κ1) is 21.8. The number of piperazine rings is 1. The fourth-order valence-electron chi connectivity index (χ4n) is 4.86. The van der Waals surface area contributed by atoms with Crippen molar-refractivity contribution in [2.45, 2.75) is 12.8 Å². The Morgan fingerprint density at radius 1 is 1.09 bits per heavy atom. The minimum absolute atomic E-state index is 0.0381. The van der Waals surface area contributed by atoms with Crippen molar-refractivity contribution in [2.24, 2.45) is 5.92 Å². The highest BCUT2D eigenvalue weighted by Crippen LogP contribution is 2.26. The van der Waals surface area contributed by atoms with Crippen molar-refractivity contribution in [3.8, 4) is 0 Å². The van der Waals surface area contributed by atoms with Crippen LogP contribution < -0.4 is 4.90 Å². The van der Waals surface area contributed by atoms with E-state index in [0.717, 1.165) is 22.2 Å². The summed E-state index contributed by atoms with van der Waals surface area (Å²) in [6, 6.07) is 12.2. The van der Waals surface area contributed by atoms with Gasteiger partial charge in [-0.2, -0.15) is 0 Å². The molecule has 1 N–H and O–H groups in total. The van der Waals surface area contributed by atoms with Crippen molar-refractivity contribution < 1.29 is 14.0 Å². The summed E-state index contributed by atoms with van der Waals surface area (Å²) in [5.74, 6) is -0.441. The van der Waals surface area contributed by atoms with E-state index in [2.05, 4.69) is 9.88 Å². The number of hydrogen-bond donors (Lipinski definition) is 1. The molecule has 2 aliphatic heterocycles. The van der Waals surface area contributed by atoms with E-state index in [4.69, 9.17) is 11.6 Å². The highest BCUT2D eigenvalue weighted by Gasteiger charge is 2.37. The normalized spacial score (nSPS) is 19.0. The summed E-state index contributed by atoms with van der Waals surface area (Å²) in [5, 5.41) is 1.76. The molecule has 2 saturated heterocycles. The molecule has 0 aliphatic carbocycles. The Kier molecular flexibility index (Phi) is 5.98. The van der Waals surface area contributed by atoms with Crippen LogP contribution in [0.15, 0.2) is 48.7 Å². The van der Waals surface area contributed by atoms with Crippen LogP contribution in [0.25, 0.3) is 10.9 Å². The molecule has 0 bridgehead atoms. The lowest BCUT2D eigenvalue weighted by molar-refractivity contribution is -0.136. The Labute approximate surface area is 196 Å². The molecule has 0 saturated carbocycles. The summed E-state index contributed by atoms with van der Waals surface area (Å²) in [7, 11) is 0. The lowest BCUT2D eigenvalue weighted by Crippen LogP contribution is -2.50. The Hall–Kier alpha value is -3.06. The average Bonchev–Trinajstić information content (AvgIpc) is 3.40. The molecule has 3 heterocycles. The molecule has 2 amide bonds. The topological polar surface area (TPSA) is 59.7 Å². The quantitative estimate of drug-likeness (QED) is 0.621. The van der Waals surface area contributed by atoms with Crippen LogP contribution in [-0.4, -0.2) is 65.9 Å². The van der Waals surface area contributed by atoms with Gasteiger partial charge in [0.1, 0.15) is 5.82 Å². The highest BCUT2D eigenvalue weighted by molar-refractivity contribution is 6.31. The second-order valence-corrected chi connectivity index (χ2v) is 9.22. The number of carbonyl (C=O) groups excluding carboxylic acids is 2. The first-order valence-corrected chi connectivity index (χ1v) is 11.7. The number of anilines is 1. The first-order chi connectivity index (χ1) is 16.0. The number of halogens is 2. The fraction of sp³-hybridized carbons (Fsp3) is 0.360. The number of benzene rings is 2. The van der Waals surface area contributed by atoms with Gasteiger partial charge in [0.05, 0.1) is 5.92 Å². The number of rotatable bonds is 5. The van der Waals surface area contributed by atoms with Gasteiger partial charge in [-0.05, 0) is 54.4 Å². The summed E-state index contributed by atoms with van der Waals surface area (Å²) in [6.45, 7) is 3.67. The zero-order chi connectivity index (χ0) is 22.9. The lowest BCUT2D eigenvalue weighted by atomic mass is 10.1. The number of carbonyl (C=O) groups is 2. The van der Waals surface area contributed by atoms with Crippen molar-refractivity contribution in [1.82, 2.24) is 14.8 Å². The van der Waals surface area contributed by atoms with Crippen LogP contribution in [0, 0.1) is 11.7 Å². The Bertz CT molecular complexity index is 1170. The molecule has 0 unspecified atom stereocenters. The van der Waals surface area contributed by atoms with E-state index in [1.165, 1.54) is 12.1 Å². The molecule has 2 aromatic carbocycles. The van der Waals surface area contributed by atoms with Gasteiger partial charge >= 0.3 is 0 Å². The number of nitrogens with one attached hydrogen (secondary N) is 1. The molecule has 6 nitrogen and oxygen atoms in total. The van der Waals surface area contributed by atoms with Gasteiger partial charge in [0.25, 0.3) is 0 Å². The molecule has 33 heavy (non-hydrogen) atoms. The predicted octanol–water partition coefficient (Wildman–Crippen LogP) is 3.70. The van der Waals surface area contributed by atoms with E-state index in [1.807, 2.05) is 29.3 Å². The molecule has 0 spiro atoms. The van der Waals surface area contributed by atoms with Gasteiger partial charge in [-0.1, -0.05) is 11.6 Å². The average molecular weight is 469 g/mol. The minimum Gasteiger partial charge on any atom is -0.368 e. The fourth-order valence-corrected chi connectivity index (χ4v) is 5.03. The second kappa shape index (κ2) is 9.06. The van der Waals surface area contributed by atoms with E-state index in [0.29, 0.717) is 50.7 Å². The van der Waals surface area contributed by atoms with Crippen molar-refractivity contribution in [1.29, 1.82) is 0 Å². The van der Waals surface area contributed by atoms with Crippen LogP contribution in [0.3, 0.4) is 0 Å². The minimum atomic E-state index is -0.285. The van der Waals surface area contributed by atoms with Crippen molar-refractivity contribution >= 4 is 40.0 Å². The Morgan fingerprint density at radius 2 is 1.85 bits per heavy atom. The number of H-pyrrole nitrogens is 1. The molecule has 1 atom stereocenters. The number of likely N-dealkylation sites (tertiary alicyclic amines) is 1. The van der Waals surface area contributed by atoms with Crippen molar-refractivity contribution in [2.75, 3.05) is 44.2 Å². The smallest absolute Gasteiger partial charge is 0.228 e. The van der Waals surface area contributed by atoms with Gasteiger partial charge < -0.3 is 19.7 Å². The standard InChI is InChI=1S/C25H26ClFN4O2/c26-19-1-6-23-22(14-19)17(15-28-23)7-8-31-16-18(13-24(31)32)25(33)30-11-9-29(10-12-30)21-4-2-20(27)3-5-21/h1-6,14-15,18,28H,7-13,16H2/t18-/m1/s1. The van der Waals surface area contributed by atoms with Gasteiger partial charge in [0.15, 0.2) is 0 Å². The number of amides is 2. The van der Waals surface area contributed by atoms with Crippen LogP contribution in [0.5, 0.6) is 0 Å². The van der Waals surface area contributed by atoms with Crippen LogP contribution in [0.2, 0.25) is 5.02 Å². The summed E-state index contributed by atoms with van der Waals surface area (Å²) in [6.07, 6.45) is 2.95. The Balaban J connectivity index is 1.15. The third-order valence-corrected chi connectivity index (χ3v) is 6.96. The van der Waals surface area contributed by atoms with Crippen molar-refractivity contribution in [3.05, 3.63) is 65.1 Å². The SMILES string of the molecule is O=C1C[C@@H](C(=O)N2CCN(c3ccc(F)cc3)CC2)CN1CCc1c[nH]c2ccc(Cl)cc12. The van der Waals surface area contributed by atoms with Crippen LogP contribution in [-0.2, 0) is 16.0 Å². The Morgan fingerprint density at radius 3 is 2.61 bits per heavy atom. The molecule has 1 aromatic heterocycles. The first-order valence-electron chi connectivity index (χ1n) is 11.3. The predicted molar refractivity (Wildman–Crippen MR) is 127 cm³/mol. The summed E-state index contributed by atoms with van der Waals surface area (Å²) in [5.41, 5.74) is 3.10. The van der Waals surface area contributed by atoms with Gasteiger partial charge in [-0.25, -0.2) is 4.39 Å².